The highest BCUT2D eigenvalue weighted by molar-refractivity contribution is 6.06. The summed E-state index contributed by atoms with van der Waals surface area (Å²) in [6.45, 7) is 3.94. The van der Waals surface area contributed by atoms with E-state index in [2.05, 4.69) is 10.4 Å². The van der Waals surface area contributed by atoms with Crippen molar-refractivity contribution in [3.63, 3.8) is 0 Å². The molecule has 0 aliphatic heterocycles. The van der Waals surface area contributed by atoms with Crippen LogP contribution in [0.2, 0.25) is 0 Å². The van der Waals surface area contributed by atoms with Crippen molar-refractivity contribution in [3.05, 3.63) is 57.9 Å². The Bertz CT molecular complexity index is 762. The lowest BCUT2D eigenvalue weighted by Gasteiger charge is -2.03. The lowest BCUT2D eigenvalue weighted by molar-refractivity contribution is -0.383. The van der Waals surface area contributed by atoms with Gasteiger partial charge in [0.25, 0.3) is 5.69 Å². The molecule has 7 nitrogen and oxygen atoms in total. The van der Waals surface area contributed by atoms with Crippen molar-refractivity contribution in [2.75, 3.05) is 12.4 Å². The van der Waals surface area contributed by atoms with Gasteiger partial charge < -0.3 is 5.32 Å². The summed E-state index contributed by atoms with van der Waals surface area (Å²) >= 11 is 0. The van der Waals surface area contributed by atoms with E-state index in [9.17, 15) is 14.9 Å². The zero-order chi connectivity index (χ0) is 17.0. The van der Waals surface area contributed by atoms with E-state index in [-0.39, 0.29) is 17.5 Å². The normalized spacial score (nSPS) is 11.1. The second kappa shape index (κ2) is 6.87. The Kier molecular flexibility index (Phi) is 4.90. The molecule has 0 fully saturated rings. The molecule has 0 bridgehead atoms. The minimum atomic E-state index is -0.461. The Hall–Kier alpha value is -2.96. The van der Waals surface area contributed by atoms with Crippen LogP contribution >= 0.6 is 0 Å². The summed E-state index contributed by atoms with van der Waals surface area (Å²) in [5.74, 6) is -0.197. The highest BCUT2D eigenvalue weighted by Gasteiger charge is 2.13. The number of aromatic nitrogens is 2. The van der Waals surface area contributed by atoms with Gasteiger partial charge >= 0.3 is 0 Å². The number of hydrogen-bond acceptors (Lipinski definition) is 5. The third-order valence-electron chi connectivity index (χ3n) is 3.33. The number of nitrogens with zero attached hydrogens (tertiary/aromatic N) is 3. The lowest BCUT2D eigenvalue weighted by Crippen LogP contribution is -2.00. The zero-order valence-corrected chi connectivity index (χ0v) is 13.2. The number of nitrogens with one attached hydrogen (secondary N) is 1. The summed E-state index contributed by atoms with van der Waals surface area (Å²) in [6.07, 6.45) is 6.14. The topological polar surface area (TPSA) is 90.1 Å². The molecule has 0 unspecified atom stereocenters. The number of carbonyl (C=O) groups is 1. The van der Waals surface area contributed by atoms with Crippen LogP contribution in [0.3, 0.4) is 0 Å². The fraction of sp³-hybridized carbons (Fsp3) is 0.250. The van der Waals surface area contributed by atoms with E-state index < -0.39 is 4.92 Å². The minimum absolute atomic E-state index is 0.0327. The standard InChI is InChI=1S/C16H18N4O3/c1-11(2)19-10-13(9-18-19)16(21)7-5-12-4-6-14(17-3)15(8-12)20(22)23/h4-11,17H,1-3H3. The average molecular weight is 314 g/mol. The highest BCUT2D eigenvalue weighted by atomic mass is 16.6. The van der Waals surface area contributed by atoms with E-state index in [1.54, 1.807) is 36.1 Å². The van der Waals surface area contributed by atoms with Gasteiger partial charge in [-0.2, -0.15) is 5.10 Å². The van der Waals surface area contributed by atoms with E-state index in [4.69, 9.17) is 0 Å². The van der Waals surface area contributed by atoms with Crippen molar-refractivity contribution in [1.29, 1.82) is 0 Å². The van der Waals surface area contributed by atoms with E-state index in [0.29, 0.717) is 16.8 Å². The molecule has 1 aromatic carbocycles. The van der Waals surface area contributed by atoms with Crippen molar-refractivity contribution < 1.29 is 9.72 Å². The molecule has 1 heterocycles. The van der Waals surface area contributed by atoms with Gasteiger partial charge in [0.2, 0.25) is 0 Å². The molecular formula is C16H18N4O3. The summed E-state index contributed by atoms with van der Waals surface area (Å²) in [7, 11) is 1.62. The van der Waals surface area contributed by atoms with Gasteiger partial charge in [0.05, 0.1) is 16.7 Å². The Morgan fingerprint density at radius 2 is 2.17 bits per heavy atom. The summed E-state index contributed by atoms with van der Waals surface area (Å²) in [5, 5.41) is 17.9. The molecule has 2 aromatic rings. The van der Waals surface area contributed by atoms with Crippen molar-refractivity contribution in [3.8, 4) is 0 Å². The highest BCUT2D eigenvalue weighted by Crippen LogP contribution is 2.25. The van der Waals surface area contributed by atoms with Crippen molar-refractivity contribution >= 4 is 23.2 Å². The Morgan fingerprint density at radius 3 is 2.74 bits per heavy atom. The molecule has 0 saturated carbocycles. The van der Waals surface area contributed by atoms with Crippen molar-refractivity contribution in [1.82, 2.24) is 9.78 Å². The zero-order valence-electron chi connectivity index (χ0n) is 13.2. The predicted molar refractivity (Wildman–Crippen MR) is 88.6 cm³/mol. The number of benzene rings is 1. The number of nitro benzene ring substituents is 1. The number of rotatable bonds is 6. The molecule has 1 aromatic heterocycles. The number of anilines is 1. The second-order valence-corrected chi connectivity index (χ2v) is 5.28. The maximum Gasteiger partial charge on any atom is 0.292 e. The number of carbonyl (C=O) groups excluding carboxylic acids is 1. The van der Waals surface area contributed by atoms with Gasteiger partial charge in [0.15, 0.2) is 5.78 Å². The smallest absolute Gasteiger partial charge is 0.292 e. The molecule has 0 aliphatic carbocycles. The average Bonchev–Trinajstić information content (AvgIpc) is 3.02. The summed E-state index contributed by atoms with van der Waals surface area (Å²) in [5.41, 5.74) is 1.46. The quantitative estimate of drug-likeness (QED) is 0.382. The second-order valence-electron chi connectivity index (χ2n) is 5.28. The number of allylic oxidation sites excluding steroid dienone is 1. The Balaban J connectivity index is 2.20. The van der Waals surface area contributed by atoms with Crippen LogP contribution in [0.4, 0.5) is 11.4 Å². The fourth-order valence-corrected chi connectivity index (χ4v) is 2.03. The van der Waals surface area contributed by atoms with Gasteiger partial charge in [-0.1, -0.05) is 12.1 Å². The molecular weight excluding hydrogens is 296 g/mol. The van der Waals surface area contributed by atoms with E-state index in [1.807, 2.05) is 13.8 Å². The van der Waals surface area contributed by atoms with Crippen LogP contribution < -0.4 is 5.32 Å². The van der Waals surface area contributed by atoms with Gasteiger partial charge in [0.1, 0.15) is 5.69 Å². The molecule has 0 spiro atoms. The van der Waals surface area contributed by atoms with Gasteiger partial charge in [-0.15, -0.1) is 0 Å². The van der Waals surface area contributed by atoms with E-state index >= 15 is 0 Å². The summed E-state index contributed by atoms with van der Waals surface area (Å²) in [4.78, 5) is 22.7. The maximum atomic E-state index is 12.1. The molecule has 23 heavy (non-hydrogen) atoms. The minimum Gasteiger partial charge on any atom is -0.383 e. The van der Waals surface area contributed by atoms with Crippen LogP contribution in [0.5, 0.6) is 0 Å². The first-order valence-electron chi connectivity index (χ1n) is 7.15. The van der Waals surface area contributed by atoms with Gasteiger partial charge in [-0.25, -0.2) is 0 Å². The van der Waals surface area contributed by atoms with Crippen LogP contribution in [0.25, 0.3) is 6.08 Å². The molecule has 0 atom stereocenters. The largest absolute Gasteiger partial charge is 0.383 e. The Labute approximate surface area is 133 Å². The maximum absolute atomic E-state index is 12.1. The number of nitro groups is 1. The molecule has 0 saturated heterocycles. The molecule has 2 rings (SSSR count). The third kappa shape index (κ3) is 3.82. The van der Waals surface area contributed by atoms with Crippen LogP contribution in [0.1, 0.15) is 35.8 Å². The first-order valence-corrected chi connectivity index (χ1v) is 7.15. The molecule has 0 aliphatic rings. The van der Waals surface area contributed by atoms with Crippen LogP contribution in [0, 0.1) is 10.1 Å². The summed E-state index contributed by atoms with van der Waals surface area (Å²) < 4.78 is 1.70. The van der Waals surface area contributed by atoms with E-state index in [1.165, 1.54) is 18.3 Å². The monoisotopic (exact) mass is 314 g/mol. The first-order chi connectivity index (χ1) is 10.9. The number of ketones is 1. The predicted octanol–water partition coefficient (Wildman–Crippen LogP) is 3.31. The van der Waals surface area contributed by atoms with E-state index in [0.717, 1.165) is 0 Å². The SMILES string of the molecule is CNc1ccc(C=CC(=O)c2cnn(C(C)C)c2)cc1[N+](=O)[O-]. The first kappa shape index (κ1) is 16.4. The molecule has 120 valence electrons. The fourth-order valence-electron chi connectivity index (χ4n) is 2.03. The van der Waals surface area contributed by atoms with Gasteiger partial charge in [0, 0.05) is 25.4 Å². The van der Waals surface area contributed by atoms with Gasteiger partial charge in [-0.3, -0.25) is 19.6 Å². The Morgan fingerprint density at radius 1 is 1.43 bits per heavy atom. The molecule has 0 radical (unpaired) electrons. The lowest BCUT2D eigenvalue weighted by atomic mass is 10.1. The van der Waals surface area contributed by atoms with Crippen molar-refractivity contribution in [2.24, 2.45) is 0 Å². The third-order valence-corrected chi connectivity index (χ3v) is 3.33. The molecule has 1 N–H and O–H groups in total. The van der Waals surface area contributed by atoms with Crippen LogP contribution in [-0.2, 0) is 0 Å². The summed E-state index contributed by atoms with van der Waals surface area (Å²) in [6, 6.07) is 4.92. The molecule has 0 amide bonds. The van der Waals surface area contributed by atoms with Crippen molar-refractivity contribution in [2.45, 2.75) is 19.9 Å². The van der Waals surface area contributed by atoms with Gasteiger partial charge in [-0.05, 0) is 31.6 Å². The number of hydrogen-bond donors (Lipinski definition) is 1. The molecule has 7 heteroatoms. The van der Waals surface area contributed by atoms with Crippen LogP contribution in [0.15, 0.2) is 36.7 Å². The van der Waals surface area contributed by atoms with Crippen LogP contribution in [-0.4, -0.2) is 27.5 Å².